The summed E-state index contributed by atoms with van der Waals surface area (Å²) in [5.74, 6) is 0. The fraction of sp³-hybridized carbons (Fsp3) is 0.889. The molecule has 0 aromatic carbocycles. The lowest BCUT2D eigenvalue weighted by atomic mass is 10.1. The molecule has 0 rings (SSSR count). The lowest BCUT2D eigenvalue weighted by Gasteiger charge is -2.16. The molecule has 0 heterocycles. The van der Waals surface area contributed by atoms with Crippen molar-refractivity contribution in [3.63, 3.8) is 0 Å². The van der Waals surface area contributed by atoms with Crippen molar-refractivity contribution in [3.8, 4) is 0 Å². The Morgan fingerprint density at radius 2 is 1.10 bits per heavy atom. The Kier molecular flexibility index (Phi) is 13.8. The Hall–Kier alpha value is -0.0831. The fourth-order valence-corrected chi connectivity index (χ4v) is 3.12. The molecule has 0 radical (unpaired) electrons. The molecule has 0 unspecified atom stereocenters. The first-order chi connectivity index (χ1) is 9.56. The highest BCUT2D eigenvalue weighted by Crippen LogP contribution is 2.12. The van der Waals surface area contributed by atoms with Gasteiger partial charge in [-0.2, -0.15) is 0 Å². The lowest BCUT2D eigenvalue weighted by molar-refractivity contribution is 0.298. The van der Waals surface area contributed by atoms with Gasteiger partial charge in [0.2, 0.25) is 0 Å². The second kappa shape index (κ2) is 13.9. The standard InChI is InChI=1S/C18H38OSi/c1-5-6-7-8-9-10-11-12-13-14-15-16-17-18-19-20(2,3)4/h5H,1,6-18H2,2-4H3. The Labute approximate surface area is 129 Å². The highest BCUT2D eigenvalue weighted by molar-refractivity contribution is 6.69. The van der Waals surface area contributed by atoms with Crippen LogP contribution in [0.3, 0.4) is 0 Å². The minimum Gasteiger partial charge on any atom is -0.418 e. The quantitative estimate of drug-likeness (QED) is 0.185. The maximum Gasteiger partial charge on any atom is 0.183 e. The molecule has 0 amide bonds. The third-order valence-electron chi connectivity index (χ3n) is 3.59. The first-order valence-corrected chi connectivity index (χ1v) is 12.2. The maximum absolute atomic E-state index is 5.86. The van der Waals surface area contributed by atoms with Crippen molar-refractivity contribution in [1.29, 1.82) is 0 Å². The van der Waals surface area contributed by atoms with Crippen LogP contribution in [0.5, 0.6) is 0 Å². The van der Waals surface area contributed by atoms with E-state index in [2.05, 4.69) is 26.2 Å². The Morgan fingerprint density at radius 1 is 0.700 bits per heavy atom. The first-order valence-electron chi connectivity index (χ1n) is 8.81. The Morgan fingerprint density at radius 3 is 1.50 bits per heavy atom. The van der Waals surface area contributed by atoms with E-state index in [1.807, 2.05) is 6.08 Å². The molecule has 120 valence electrons. The predicted molar refractivity (Wildman–Crippen MR) is 94.9 cm³/mol. The van der Waals surface area contributed by atoms with E-state index in [1.165, 1.54) is 77.0 Å². The van der Waals surface area contributed by atoms with Gasteiger partial charge in [0.25, 0.3) is 0 Å². The van der Waals surface area contributed by atoms with E-state index >= 15 is 0 Å². The number of hydrogen-bond donors (Lipinski definition) is 0. The number of allylic oxidation sites excluding steroid dienone is 1. The molecule has 0 aromatic rings. The normalized spacial score (nSPS) is 11.8. The summed E-state index contributed by atoms with van der Waals surface area (Å²) < 4.78 is 5.86. The molecule has 0 aromatic heterocycles. The minimum atomic E-state index is -1.27. The monoisotopic (exact) mass is 298 g/mol. The van der Waals surface area contributed by atoms with Crippen LogP contribution in [-0.2, 0) is 4.43 Å². The van der Waals surface area contributed by atoms with Crippen molar-refractivity contribution in [2.75, 3.05) is 6.61 Å². The Bertz CT molecular complexity index is 208. The summed E-state index contributed by atoms with van der Waals surface area (Å²) in [4.78, 5) is 0. The number of unbranched alkanes of at least 4 members (excludes halogenated alkanes) is 11. The highest BCUT2D eigenvalue weighted by Gasteiger charge is 2.12. The second-order valence-electron chi connectivity index (χ2n) is 6.93. The van der Waals surface area contributed by atoms with E-state index in [4.69, 9.17) is 4.43 Å². The minimum absolute atomic E-state index is 0.987. The van der Waals surface area contributed by atoms with Gasteiger partial charge in [-0.25, -0.2) is 0 Å². The SMILES string of the molecule is C=CCCCCCCCCCCCCCO[Si](C)(C)C. The summed E-state index contributed by atoms with van der Waals surface area (Å²) in [6.07, 6.45) is 18.5. The van der Waals surface area contributed by atoms with Gasteiger partial charge in [0, 0.05) is 6.61 Å². The molecule has 0 saturated heterocycles. The van der Waals surface area contributed by atoms with Crippen LogP contribution in [0.25, 0.3) is 0 Å². The van der Waals surface area contributed by atoms with Crippen LogP contribution in [0.15, 0.2) is 12.7 Å². The van der Waals surface area contributed by atoms with Crippen LogP contribution in [0.1, 0.15) is 77.0 Å². The molecule has 0 bridgehead atoms. The van der Waals surface area contributed by atoms with Crippen molar-refractivity contribution < 1.29 is 4.43 Å². The summed E-state index contributed by atoms with van der Waals surface area (Å²) in [6.45, 7) is 11.6. The van der Waals surface area contributed by atoms with Crippen LogP contribution < -0.4 is 0 Å². The van der Waals surface area contributed by atoms with Crippen LogP contribution in [0.4, 0.5) is 0 Å². The van der Waals surface area contributed by atoms with E-state index in [-0.39, 0.29) is 0 Å². The second-order valence-corrected chi connectivity index (χ2v) is 11.4. The molecule has 0 aliphatic heterocycles. The van der Waals surface area contributed by atoms with Gasteiger partial charge in [-0.1, -0.05) is 63.9 Å². The van der Waals surface area contributed by atoms with Crippen LogP contribution >= 0.6 is 0 Å². The van der Waals surface area contributed by atoms with E-state index in [0.29, 0.717) is 0 Å². The lowest BCUT2D eigenvalue weighted by Crippen LogP contribution is -2.25. The number of rotatable bonds is 15. The summed E-state index contributed by atoms with van der Waals surface area (Å²) in [5, 5.41) is 0. The molecule has 0 N–H and O–H groups in total. The van der Waals surface area contributed by atoms with Gasteiger partial charge < -0.3 is 4.43 Å². The van der Waals surface area contributed by atoms with Crippen molar-refractivity contribution >= 4 is 8.32 Å². The summed E-state index contributed by atoms with van der Waals surface area (Å²) in [5.41, 5.74) is 0. The Balaban J connectivity index is 3.01. The maximum atomic E-state index is 5.86. The molecular formula is C18H38OSi. The van der Waals surface area contributed by atoms with E-state index in [9.17, 15) is 0 Å². The van der Waals surface area contributed by atoms with Crippen molar-refractivity contribution in [3.05, 3.63) is 12.7 Å². The molecule has 0 fully saturated rings. The van der Waals surface area contributed by atoms with Crippen LogP contribution in [-0.4, -0.2) is 14.9 Å². The molecule has 0 aliphatic rings. The summed E-state index contributed by atoms with van der Waals surface area (Å²) in [7, 11) is -1.27. The van der Waals surface area contributed by atoms with Crippen molar-refractivity contribution in [2.45, 2.75) is 96.7 Å². The zero-order valence-corrected chi connectivity index (χ0v) is 15.4. The molecule has 20 heavy (non-hydrogen) atoms. The van der Waals surface area contributed by atoms with Gasteiger partial charge >= 0.3 is 0 Å². The third kappa shape index (κ3) is 17.9. The topological polar surface area (TPSA) is 9.23 Å². The molecule has 0 spiro atoms. The van der Waals surface area contributed by atoms with Gasteiger partial charge in [-0.3, -0.25) is 0 Å². The summed E-state index contributed by atoms with van der Waals surface area (Å²) >= 11 is 0. The average molecular weight is 299 g/mol. The fourth-order valence-electron chi connectivity index (χ4n) is 2.36. The molecule has 0 saturated carbocycles. The van der Waals surface area contributed by atoms with Crippen molar-refractivity contribution in [1.82, 2.24) is 0 Å². The highest BCUT2D eigenvalue weighted by atomic mass is 28.4. The molecule has 0 atom stereocenters. The molecular weight excluding hydrogens is 260 g/mol. The van der Waals surface area contributed by atoms with Gasteiger partial charge in [0.15, 0.2) is 8.32 Å². The zero-order chi connectivity index (χ0) is 15.1. The van der Waals surface area contributed by atoms with Gasteiger partial charge in [0.05, 0.1) is 0 Å². The van der Waals surface area contributed by atoms with Crippen LogP contribution in [0, 0.1) is 0 Å². The molecule has 2 heteroatoms. The molecule has 1 nitrogen and oxygen atoms in total. The van der Waals surface area contributed by atoms with E-state index in [1.54, 1.807) is 0 Å². The zero-order valence-electron chi connectivity index (χ0n) is 14.4. The predicted octanol–water partition coefficient (Wildman–Crippen LogP) is 6.71. The third-order valence-corrected chi connectivity index (χ3v) is 4.66. The first kappa shape index (κ1) is 19.9. The average Bonchev–Trinajstić information content (AvgIpc) is 2.38. The van der Waals surface area contributed by atoms with E-state index in [0.717, 1.165) is 6.61 Å². The van der Waals surface area contributed by atoms with Gasteiger partial charge in [-0.05, 0) is 38.9 Å². The van der Waals surface area contributed by atoms with Crippen molar-refractivity contribution in [2.24, 2.45) is 0 Å². The molecule has 0 aliphatic carbocycles. The summed E-state index contributed by atoms with van der Waals surface area (Å²) in [6, 6.07) is 0. The number of hydrogen-bond acceptors (Lipinski definition) is 1. The van der Waals surface area contributed by atoms with Gasteiger partial charge in [-0.15, -0.1) is 6.58 Å². The largest absolute Gasteiger partial charge is 0.418 e. The smallest absolute Gasteiger partial charge is 0.183 e. The van der Waals surface area contributed by atoms with Crippen LogP contribution in [0.2, 0.25) is 19.6 Å². The van der Waals surface area contributed by atoms with E-state index < -0.39 is 8.32 Å². The van der Waals surface area contributed by atoms with Gasteiger partial charge in [0.1, 0.15) is 0 Å².